The van der Waals surface area contributed by atoms with Crippen molar-refractivity contribution >= 4 is 40.6 Å². The zero-order valence-corrected chi connectivity index (χ0v) is 20.1. The van der Waals surface area contributed by atoms with Crippen molar-refractivity contribution in [1.82, 2.24) is 5.32 Å². The van der Waals surface area contributed by atoms with E-state index in [1.54, 1.807) is 48.5 Å². The van der Waals surface area contributed by atoms with Crippen LogP contribution in [0.1, 0.15) is 24.1 Å². The maximum atomic E-state index is 12.8. The van der Waals surface area contributed by atoms with E-state index in [4.69, 9.17) is 9.47 Å². The summed E-state index contributed by atoms with van der Waals surface area (Å²) in [5, 5.41) is 2.55. The SMILES string of the molecule is COc1cc(C=C2SC(=O)N(c3ccccc3)C2=O)ccc1OCC(=O)NC(C)c1ccccc1. The number of benzene rings is 3. The first kappa shape index (κ1) is 24.1. The molecule has 1 fully saturated rings. The minimum atomic E-state index is -0.380. The molecule has 4 rings (SSSR count). The lowest BCUT2D eigenvalue weighted by Gasteiger charge is -2.15. The van der Waals surface area contributed by atoms with Crippen molar-refractivity contribution in [3.05, 3.63) is 94.9 Å². The minimum Gasteiger partial charge on any atom is -0.493 e. The van der Waals surface area contributed by atoms with Gasteiger partial charge in [-0.05, 0) is 60.2 Å². The molecule has 7 nitrogen and oxygen atoms in total. The highest BCUT2D eigenvalue weighted by Crippen LogP contribution is 2.37. The van der Waals surface area contributed by atoms with E-state index in [1.807, 2.05) is 43.3 Å². The summed E-state index contributed by atoms with van der Waals surface area (Å²) in [5.74, 6) is 0.159. The third-order valence-electron chi connectivity index (χ3n) is 5.33. The van der Waals surface area contributed by atoms with Gasteiger partial charge in [-0.2, -0.15) is 0 Å². The lowest BCUT2D eigenvalue weighted by atomic mass is 10.1. The quantitative estimate of drug-likeness (QED) is 0.439. The molecule has 1 N–H and O–H groups in total. The van der Waals surface area contributed by atoms with Crippen LogP contribution in [0, 0.1) is 0 Å². The number of ether oxygens (including phenoxy) is 2. The van der Waals surface area contributed by atoms with E-state index in [9.17, 15) is 14.4 Å². The van der Waals surface area contributed by atoms with Crippen LogP contribution in [0.4, 0.5) is 10.5 Å². The Morgan fingerprint density at radius 2 is 1.69 bits per heavy atom. The Hall–Kier alpha value is -4.04. The Bertz CT molecular complexity index is 1260. The number of methoxy groups -OCH3 is 1. The molecule has 8 heteroatoms. The van der Waals surface area contributed by atoms with Gasteiger partial charge in [0.2, 0.25) is 0 Å². The molecule has 0 aliphatic carbocycles. The normalized spacial score (nSPS) is 15.3. The first-order valence-electron chi connectivity index (χ1n) is 10.9. The van der Waals surface area contributed by atoms with Gasteiger partial charge in [0.15, 0.2) is 18.1 Å². The first-order chi connectivity index (χ1) is 17.0. The van der Waals surface area contributed by atoms with Crippen molar-refractivity contribution in [3.8, 4) is 11.5 Å². The summed E-state index contributed by atoms with van der Waals surface area (Å²) in [5.41, 5.74) is 2.19. The zero-order valence-electron chi connectivity index (χ0n) is 19.3. The lowest BCUT2D eigenvalue weighted by molar-refractivity contribution is -0.123. The number of nitrogens with one attached hydrogen (secondary N) is 1. The molecule has 0 saturated carbocycles. The molecule has 178 valence electrons. The van der Waals surface area contributed by atoms with E-state index in [-0.39, 0.29) is 29.7 Å². The summed E-state index contributed by atoms with van der Waals surface area (Å²) in [4.78, 5) is 39.1. The molecular weight excluding hydrogens is 464 g/mol. The molecule has 35 heavy (non-hydrogen) atoms. The molecule has 3 aromatic rings. The summed E-state index contributed by atoms with van der Waals surface area (Å²) in [6, 6.07) is 23.4. The predicted molar refractivity (Wildman–Crippen MR) is 136 cm³/mol. The molecule has 1 unspecified atom stereocenters. The van der Waals surface area contributed by atoms with Gasteiger partial charge in [0.1, 0.15) is 0 Å². The largest absolute Gasteiger partial charge is 0.493 e. The molecule has 1 heterocycles. The highest BCUT2D eigenvalue weighted by molar-refractivity contribution is 8.19. The second-order valence-corrected chi connectivity index (χ2v) is 8.74. The smallest absolute Gasteiger partial charge is 0.298 e. The van der Waals surface area contributed by atoms with Gasteiger partial charge in [-0.25, -0.2) is 4.90 Å². The second-order valence-electron chi connectivity index (χ2n) is 7.75. The van der Waals surface area contributed by atoms with Crippen LogP contribution < -0.4 is 19.7 Å². The van der Waals surface area contributed by atoms with Crippen LogP contribution in [0.2, 0.25) is 0 Å². The Labute approximate surface area is 207 Å². The fraction of sp³-hybridized carbons (Fsp3) is 0.148. The van der Waals surface area contributed by atoms with Crippen molar-refractivity contribution in [3.63, 3.8) is 0 Å². The Morgan fingerprint density at radius 3 is 2.37 bits per heavy atom. The van der Waals surface area contributed by atoms with E-state index < -0.39 is 0 Å². The Kier molecular flexibility index (Phi) is 7.52. The third kappa shape index (κ3) is 5.73. The van der Waals surface area contributed by atoms with Crippen LogP contribution in [0.3, 0.4) is 0 Å². The number of hydrogen-bond acceptors (Lipinski definition) is 6. The number of imide groups is 1. The molecule has 0 aromatic heterocycles. The number of rotatable bonds is 8. The van der Waals surface area contributed by atoms with Crippen molar-refractivity contribution in [2.75, 3.05) is 18.6 Å². The number of carbonyl (C=O) groups is 3. The minimum absolute atomic E-state index is 0.150. The Balaban J connectivity index is 1.42. The molecule has 1 aliphatic heterocycles. The number of amides is 3. The van der Waals surface area contributed by atoms with Gasteiger partial charge < -0.3 is 14.8 Å². The molecule has 0 bridgehead atoms. The monoisotopic (exact) mass is 488 g/mol. The first-order valence-corrected chi connectivity index (χ1v) is 11.8. The van der Waals surface area contributed by atoms with Crippen LogP contribution in [-0.2, 0) is 9.59 Å². The van der Waals surface area contributed by atoms with Gasteiger partial charge in [0, 0.05) is 0 Å². The van der Waals surface area contributed by atoms with Gasteiger partial charge in [-0.3, -0.25) is 14.4 Å². The van der Waals surface area contributed by atoms with Crippen molar-refractivity contribution < 1.29 is 23.9 Å². The van der Waals surface area contributed by atoms with Crippen LogP contribution in [0.25, 0.3) is 6.08 Å². The number of hydrogen-bond donors (Lipinski definition) is 1. The Morgan fingerprint density at radius 1 is 1.00 bits per heavy atom. The van der Waals surface area contributed by atoms with Gasteiger partial charge >= 0.3 is 0 Å². The predicted octanol–water partition coefficient (Wildman–Crippen LogP) is 5.19. The van der Waals surface area contributed by atoms with Crippen LogP contribution >= 0.6 is 11.8 Å². The van der Waals surface area contributed by atoms with E-state index in [2.05, 4.69) is 5.32 Å². The van der Waals surface area contributed by atoms with E-state index >= 15 is 0 Å². The zero-order chi connectivity index (χ0) is 24.8. The fourth-order valence-corrected chi connectivity index (χ4v) is 4.40. The van der Waals surface area contributed by atoms with Crippen molar-refractivity contribution in [2.24, 2.45) is 0 Å². The number of para-hydroxylation sites is 1. The van der Waals surface area contributed by atoms with E-state index in [1.165, 1.54) is 7.11 Å². The second kappa shape index (κ2) is 10.9. The van der Waals surface area contributed by atoms with Crippen molar-refractivity contribution in [1.29, 1.82) is 0 Å². The summed E-state index contributed by atoms with van der Waals surface area (Å²) in [6.45, 7) is 1.73. The highest BCUT2D eigenvalue weighted by atomic mass is 32.2. The van der Waals surface area contributed by atoms with Crippen molar-refractivity contribution in [2.45, 2.75) is 13.0 Å². The maximum Gasteiger partial charge on any atom is 0.298 e. The molecule has 1 aliphatic rings. The highest BCUT2D eigenvalue weighted by Gasteiger charge is 2.36. The molecule has 3 aromatic carbocycles. The molecule has 1 saturated heterocycles. The van der Waals surface area contributed by atoms with E-state index in [0.29, 0.717) is 27.7 Å². The molecule has 0 radical (unpaired) electrons. The third-order valence-corrected chi connectivity index (χ3v) is 6.20. The van der Waals surface area contributed by atoms with Gasteiger partial charge in [0.05, 0.1) is 23.7 Å². The summed E-state index contributed by atoms with van der Waals surface area (Å²) >= 11 is 0.881. The average molecular weight is 489 g/mol. The average Bonchev–Trinajstić information content (AvgIpc) is 3.16. The lowest BCUT2D eigenvalue weighted by Crippen LogP contribution is -2.31. The number of thioether (sulfide) groups is 1. The number of anilines is 1. The van der Waals surface area contributed by atoms with Gasteiger partial charge in [-0.1, -0.05) is 54.6 Å². The molecule has 1 atom stereocenters. The molecule has 0 spiro atoms. The standard InChI is InChI=1S/C27H24N2O5S/c1-18(20-9-5-3-6-10-20)28-25(30)17-34-22-14-13-19(15-23(22)33-2)16-24-26(31)29(27(32)35-24)21-11-7-4-8-12-21/h3-16,18H,17H2,1-2H3,(H,28,30). The number of carbonyl (C=O) groups excluding carboxylic acids is 3. The summed E-state index contributed by atoms with van der Waals surface area (Å²) < 4.78 is 11.1. The van der Waals surface area contributed by atoms with E-state index in [0.717, 1.165) is 22.2 Å². The summed E-state index contributed by atoms with van der Waals surface area (Å²) in [6.07, 6.45) is 1.63. The van der Waals surface area contributed by atoms with Crippen LogP contribution in [-0.4, -0.2) is 30.8 Å². The summed E-state index contributed by atoms with van der Waals surface area (Å²) in [7, 11) is 1.49. The maximum absolute atomic E-state index is 12.8. The fourth-order valence-electron chi connectivity index (χ4n) is 3.56. The number of nitrogens with zero attached hydrogens (tertiary/aromatic N) is 1. The van der Waals surface area contributed by atoms with Gasteiger partial charge in [0.25, 0.3) is 17.1 Å². The van der Waals surface area contributed by atoms with Crippen LogP contribution in [0.15, 0.2) is 83.8 Å². The van der Waals surface area contributed by atoms with Gasteiger partial charge in [-0.15, -0.1) is 0 Å². The molecular formula is C27H24N2O5S. The topological polar surface area (TPSA) is 84.9 Å². The van der Waals surface area contributed by atoms with Crippen LogP contribution in [0.5, 0.6) is 11.5 Å². The molecule has 3 amide bonds.